The number of ether oxygens (including phenoxy) is 4. The van der Waals surface area contributed by atoms with Crippen LogP contribution < -0.4 is 15.4 Å². The van der Waals surface area contributed by atoms with Gasteiger partial charge in [0.25, 0.3) is 11.8 Å². The molecule has 1 aromatic rings. The number of hydrogen-bond acceptors (Lipinski definition) is 13. The van der Waals surface area contributed by atoms with Gasteiger partial charge in [-0.1, -0.05) is 19.9 Å². The molecule has 3 rings (SSSR count). The summed E-state index contributed by atoms with van der Waals surface area (Å²) in [4.78, 5) is 73.9. The second-order valence-corrected chi connectivity index (χ2v) is 13.2. The number of amides is 4. The monoisotopic (exact) mass is 721 g/mol. The summed E-state index contributed by atoms with van der Waals surface area (Å²) >= 11 is 0. The first-order valence-corrected chi connectivity index (χ1v) is 16.5. The fourth-order valence-corrected chi connectivity index (χ4v) is 5.15. The fourth-order valence-electron chi connectivity index (χ4n) is 5.15. The quantitative estimate of drug-likeness (QED) is 0.0887. The molecular weight excluding hydrogens is 674 g/mol. The zero-order valence-corrected chi connectivity index (χ0v) is 29.2. The molecule has 0 saturated carbocycles. The van der Waals surface area contributed by atoms with E-state index in [0.717, 1.165) is 4.90 Å². The zero-order chi connectivity index (χ0) is 38.1. The lowest BCUT2D eigenvalue weighted by Gasteiger charge is -2.38. The van der Waals surface area contributed by atoms with E-state index in [-0.39, 0.29) is 61.9 Å². The number of carboxylic acid groups (broad SMARTS) is 1. The maximum atomic E-state index is 13.2. The van der Waals surface area contributed by atoms with Gasteiger partial charge in [0.2, 0.25) is 18.1 Å². The van der Waals surface area contributed by atoms with Crippen LogP contribution in [0.1, 0.15) is 65.9 Å². The molecule has 1 unspecified atom stereocenters. The molecule has 17 nitrogen and oxygen atoms in total. The standard InChI is InChI=1S/C34H47N3O14/c1-6-34(5,13-16-49-33(3,4)12-15-37-24(40)9-10-25(37)41)32(47)35-14-11-23(39)36-21-17-20(18-48-19(2)38)7-8-22(21)50-31-28(44)26(42)27(43)29(51-31)30(45)46/h7-10,17,26-29,31,42-44H,6,11-16,18H2,1-5H3,(H,35,47)(H,36,39)(H,45,46)/t26-,27-,28+,29-,31+,34?/m0/s1. The number of nitrogens with one attached hydrogen (secondary N) is 2. The molecule has 0 bridgehead atoms. The van der Waals surface area contributed by atoms with E-state index < -0.39 is 59.6 Å². The number of carbonyl (C=O) groups is 6. The number of anilines is 1. The van der Waals surface area contributed by atoms with Crippen LogP contribution in [0.5, 0.6) is 5.75 Å². The average molecular weight is 722 g/mol. The van der Waals surface area contributed by atoms with Crippen LogP contribution in [0, 0.1) is 5.41 Å². The second-order valence-electron chi connectivity index (χ2n) is 13.2. The van der Waals surface area contributed by atoms with Crippen LogP contribution in [-0.2, 0) is 49.6 Å². The van der Waals surface area contributed by atoms with Crippen molar-refractivity contribution in [2.24, 2.45) is 5.41 Å². The van der Waals surface area contributed by atoms with E-state index in [9.17, 15) is 49.2 Å². The third-order valence-electron chi connectivity index (χ3n) is 8.77. The van der Waals surface area contributed by atoms with Gasteiger partial charge in [-0.15, -0.1) is 0 Å². The van der Waals surface area contributed by atoms with Gasteiger partial charge in [0, 0.05) is 50.6 Å². The van der Waals surface area contributed by atoms with E-state index >= 15 is 0 Å². The highest BCUT2D eigenvalue weighted by atomic mass is 16.7. The Bertz CT molecular complexity index is 1480. The molecule has 1 aromatic carbocycles. The summed E-state index contributed by atoms with van der Waals surface area (Å²) in [6.07, 6.45) is -5.89. The van der Waals surface area contributed by atoms with Gasteiger partial charge >= 0.3 is 11.9 Å². The highest BCUT2D eigenvalue weighted by Crippen LogP contribution is 2.32. The molecule has 51 heavy (non-hydrogen) atoms. The van der Waals surface area contributed by atoms with Crippen molar-refractivity contribution < 1.29 is 68.1 Å². The molecule has 1 fully saturated rings. The Morgan fingerprint density at radius 3 is 2.25 bits per heavy atom. The van der Waals surface area contributed by atoms with Crippen LogP contribution in [0.25, 0.3) is 0 Å². The van der Waals surface area contributed by atoms with Crippen molar-refractivity contribution in [1.29, 1.82) is 0 Å². The summed E-state index contributed by atoms with van der Waals surface area (Å²) in [5.74, 6) is -3.87. The molecule has 0 aromatic heterocycles. The summed E-state index contributed by atoms with van der Waals surface area (Å²) in [6, 6.07) is 4.24. The average Bonchev–Trinajstić information content (AvgIpc) is 3.39. The Labute approximate surface area is 294 Å². The second kappa shape index (κ2) is 17.7. The molecule has 6 atom stereocenters. The first-order valence-electron chi connectivity index (χ1n) is 16.5. The molecule has 282 valence electrons. The third-order valence-corrected chi connectivity index (χ3v) is 8.77. The van der Waals surface area contributed by atoms with Crippen molar-refractivity contribution in [3.05, 3.63) is 35.9 Å². The summed E-state index contributed by atoms with van der Waals surface area (Å²) in [6.45, 7) is 8.73. The Hall–Kier alpha value is -4.42. The van der Waals surface area contributed by atoms with Gasteiger partial charge in [-0.25, -0.2) is 4.79 Å². The van der Waals surface area contributed by atoms with Crippen molar-refractivity contribution in [3.8, 4) is 5.75 Å². The molecular formula is C34H47N3O14. The van der Waals surface area contributed by atoms with E-state index in [1.165, 1.54) is 37.3 Å². The summed E-state index contributed by atoms with van der Waals surface area (Å²) < 4.78 is 21.9. The van der Waals surface area contributed by atoms with Crippen LogP contribution in [0.2, 0.25) is 0 Å². The lowest BCUT2D eigenvalue weighted by atomic mass is 9.83. The van der Waals surface area contributed by atoms with E-state index in [1.54, 1.807) is 6.92 Å². The summed E-state index contributed by atoms with van der Waals surface area (Å²) in [5, 5.41) is 45.3. The number of benzene rings is 1. The molecule has 4 amide bonds. The number of esters is 1. The first-order chi connectivity index (χ1) is 23.9. The third kappa shape index (κ3) is 11.3. The fraction of sp³-hybridized carbons (Fsp3) is 0.588. The van der Waals surface area contributed by atoms with E-state index in [2.05, 4.69) is 10.6 Å². The minimum atomic E-state index is -1.93. The van der Waals surface area contributed by atoms with Gasteiger partial charge < -0.3 is 50.0 Å². The maximum absolute atomic E-state index is 13.2. The lowest BCUT2D eigenvalue weighted by Crippen LogP contribution is -2.61. The van der Waals surface area contributed by atoms with Gasteiger partial charge in [-0.2, -0.15) is 0 Å². The SMILES string of the molecule is CCC(C)(CCOC(C)(C)CCN1C(=O)C=CC1=O)C(=O)NCCC(=O)Nc1cc(COC(C)=O)ccc1O[C@@H]1O[C@H](C(=O)O)[C@@H](O)[C@H](O)[C@H]1O. The predicted molar refractivity (Wildman–Crippen MR) is 177 cm³/mol. The summed E-state index contributed by atoms with van der Waals surface area (Å²) in [7, 11) is 0. The van der Waals surface area contributed by atoms with Crippen molar-refractivity contribution in [3.63, 3.8) is 0 Å². The Morgan fingerprint density at radius 2 is 1.65 bits per heavy atom. The van der Waals surface area contributed by atoms with Gasteiger partial charge in [-0.05, 0) is 50.8 Å². The van der Waals surface area contributed by atoms with Crippen molar-refractivity contribution in [1.82, 2.24) is 10.2 Å². The minimum absolute atomic E-state index is 0.0205. The molecule has 17 heteroatoms. The largest absolute Gasteiger partial charge is 0.479 e. The van der Waals surface area contributed by atoms with Gasteiger partial charge in [0.05, 0.1) is 11.3 Å². The molecule has 0 spiro atoms. The first kappa shape index (κ1) is 41.0. The topological polar surface area (TPSA) is 248 Å². The van der Waals surface area contributed by atoms with E-state index in [4.69, 9.17) is 18.9 Å². The molecule has 2 aliphatic rings. The van der Waals surface area contributed by atoms with Crippen molar-refractivity contribution in [2.45, 2.75) is 103 Å². The molecule has 1 saturated heterocycles. The van der Waals surface area contributed by atoms with Gasteiger partial charge in [0.15, 0.2) is 6.10 Å². The minimum Gasteiger partial charge on any atom is -0.479 e. The Balaban J connectivity index is 1.58. The van der Waals surface area contributed by atoms with Crippen LogP contribution in [0.15, 0.2) is 30.4 Å². The number of nitrogens with zero attached hydrogens (tertiary/aromatic N) is 1. The predicted octanol–water partition coefficient (Wildman–Crippen LogP) is 0.382. The molecule has 2 aliphatic heterocycles. The normalized spacial score (nSPS) is 23.1. The van der Waals surface area contributed by atoms with Crippen LogP contribution in [0.4, 0.5) is 5.69 Å². The molecule has 2 heterocycles. The summed E-state index contributed by atoms with van der Waals surface area (Å²) in [5.41, 5.74) is -1.06. The molecule has 0 radical (unpaired) electrons. The Kier molecular flexibility index (Phi) is 14.2. The van der Waals surface area contributed by atoms with Gasteiger partial charge in [-0.3, -0.25) is 28.9 Å². The lowest BCUT2D eigenvalue weighted by molar-refractivity contribution is -0.271. The van der Waals surface area contributed by atoms with Crippen LogP contribution >= 0.6 is 0 Å². The van der Waals surface area contributed by atoms with Crippen LogP contribution in [0.3, 0.4) is 0 Å². The van der Waals surface area contributed by atoms with Crippen LogP contribution in [-0.4, -0.2) is 117 Å². The number of imide groups is 1. The number of rotatable bonds is 18. The van der Waals surface area contributed by atoms with Gasteiger partial charge in [0.1, 0.15) is 30.7 Å². The van der Waals surface area contributed by atoms with E-state index in [1.807, 2.05) is 20.8 Å². The number of carboxylic acids is 1. The number of aliphatic hydroxyl groups excluding tert-OH is 3. The Morgan fingerprint density at radius 1 is 0.980 bits per heavy atom. The number of carbonyl (C=O) groups excluding carboxylic acids is 5. The number of hydrogen-bond donors (Lipinski definition) is 6. The van der Waals surface area contributed by atoms with Crippen molar-refractivity contribution in [2.75, 3.05) is 25.0 Å². The molecule has 0 aliphatic carbocycles. The highest BCUT2D eigenvalue weighted by Gasteiger charge is 2.48. The number of aliphatic hydroxyl groups is 3. The smallest absolute Gasteiger partial charge is 0.335 e. The van der Waals surface area contributed by atoms with E-state index in [0.29, 0.717) is 24.8 Å². The molecule has 6 N–H and O–H groups in total. The zero-order valence-electron chi connectivity index (χ0n) is 29.2. The number of aliphatic carboxylic acids is 1. The highest BCUT2D eigenvalue weighted by molar-refractivity contribution is 6.12. The van der Waals surface area contributed by atoms with Crippen molar-refractivity contribution >= 4 is 41.3 Å². The maximum Gasteiger partial charge on any atom is 0.335 e.